The van der Waals surface area contributed by atoms with Crippen LogP contribution in [0, 0.1) is 0 Å². The van der Waals surface area contributed by atoms with Gasteiger partial charge < -0.3 is 29.5 Å². The zero-order valence-electron chi connectivity index (χ0n) is 40.2. The summed E-state index contributed by atoms with van der Waals surface area (Å²) in [5.74, 6) is 1.93. The summed E-state index contributed by atoms with van der Waals surface area (Å²) in [6.45, 7) is 12.0. The number of nitrogens with zero attached hydrogens (tertiary/aromatic N) is 8. The summed E-state index contributed by atoms with van der Waals surface area (Å²) < 4.78 is 14.0. The predicted molar refractivity (Wildman–Crippen MR) is 295 cm³/mol. The molecular formula is C56H56N8O4S3. The number of aliphatic hydroxyl groups excluding tert-OH is 2. The van der Waals surface area contributed by atoms with Crippen molar-refractivity contribution in [2.75, 3.05) is 60.7 Å². The number of hydrogen-bond donors (Lipinski definition) is 2. The van der Waals surface area contributed by atoms with Crippen molar-refractivity contribution in [3.63, 3.8) is 0 Å². The van der Waals surface area contributed by atoms with Crippen molar-refractivity contribution in [2.45, 2.75) is 48.6 Å². The summed E-state index contributed by atoms with van der Waals surface area (Å²) in [5, 5.41) is 49.5. The number of fused-ring (bicyclic) bond motifs is 6. The second-order valence-corrected chi connectivity index (χ2v) is 20.3. The van der Waals surface area contributed by atoms with Crippen molar-refractivity contribution in [2.24, 2.45) is 20.4 Å². The lowest BCUT2D eigenvalue weighted by Crippen LogP contribution is -2.23. The molecule has 362 valence electrons. The monoisotopic (exact) mass is 1000 g/mol. The molecule has 0 amide bonds. The quantitative estimate of drug-likeness (QED) is 0.0383. The van der Waals surface area contributed by atoms with Gasteiger partial charge in [0.05, 0.1) is 24.6 Å². The van der Waals surface area contributed by atoms with Gasteiger partial charge in [0.1, 0.15) is 36.1 Å². The molecule has 71 heavy (non-hydrogen) atoms. The van der Waals surface area contributed by atoms with Crippen LogP contribution >= 0.6 is 34.9 Å². The van der Waals surface area contributed by atoms with Gasteiger partial charge in [-0.1, -0.05) is 132 Å². The van der Waals surface area contributed by atoms with Gasteiger partial charge in [-0.05, 0) is 74.2 Å². The van der Waals surface area contributed by atoms with Gasteiger partial charge in [-0.2, -0.15) is 10.2 Å². The zero-order valence-corrected chi connectivity index (χ0v) is 42.6. The highest BCUT2D eigenvalue weighted by molar-refractivity contribution is 8.03. The van der Waals surface area contributed by atoms with Crippen molar-refractivity contribution in [1.29, 1.82) is 0 Å². The number of thioether (sulfide) groups is 2. The van der Waals surface area contributed by atoms with Crippen LogP contribution in [0.25, 0.3) is 22.3 Å². The lowest BCUT2D eigenvalue weighted by Gasteiger charge is -2.22. The van der Waals surface area contributed by atoms with Crippen LogP contribution in [0.2, 0.25) is 0 Å². The Bertz CT molecular complexity index is 2790. The first-order chi connectivity index (χ1) is 34.8. The van der Waals surface area contributed by atoms with Crippen LogP contribution in [0.3, 0.4) is 0 Å². The largest absolute Gasteiger partial charge is 0.490 e. The average molecular weight is 1000 g/mol. The summed E-state index contributed by atoms with van der Waals surface area (Å²) in [4.78, 5) is 4.49. The van der Waals surface area contributed by atoms with Crippen LogP contribution in [0.4, 0.5) is 11.4 Å². The molecule has 1 aromatic heterocycles. The summed E-state index contributed by atoms with van der Waals surface area (Å²) in [6.07, 6.45) is 1.86. The van der Waals surface area contributed by atoms with E-state index in [1.165, 1.54) is 34.9 Å². The van der Waals surface area contributed by atoms with Crippen LogP contribution < -0.4 is 19.3 Å². The number of benzene rings is 6. The molecule has 0 saturated heterocycles. The molecule has 0 saturated carbocycles. The molecule has 2 aliphatic rings. The topological polar surface area (TPSA) is 141 Å². The minimum atomic E-state index is -0.786. The third-order valence-corrected chi connectivity index (χ3v) is 15.8. The molecule has 2 unspecified atom stereocenters. The van der Waals surface area contributed by atoms with Gasteiger partial charge in [0.25, 0.3) is 0 Å². The van der Waals surface area contributed by atoms with Crippen LogP contribution in [-0.2, 0) is 0 Å². The first-order valence-electron chi connectivity index (χ1n) is 23.9. The summed E-state index contributed by atoms with van der Waals surface area (Å²) >= 11 is 4.25. The molecule has 2 aliphatic carbocycles. The van der Waals surface area contributed by atoms with E-state index in [1.54, 1.807) is 12.4 Å². The van der Waals surface area contributed by atoms with Crippen LogP contribution in [0.1, 0.15) is 61.1 Å². The van der Waals surface area contributed by atoms with Gasteiger partial charge >= 0.3 is 0 Å². The van der Waals surface area contributed by atoms with E-state index in [4.69, 9.17) is 19.7 Å². The van der Waals surface area contributed by atoms with Crippen molar-refractivity contribution < 1.29 is 19.7 Å². The molecule has 0 bridgehead atoms. The minimum absolute atomic E-state index is 0.0696. The SMILES string of the molecule is CCN(CC)c1ccc(/C=N/N=C2c3ccccc3-c3ccccc32)c(OCC(O)CSc2nnc(SCC(O)COc3cc(N(CC)CC)ccc3/C=N/N=C3c4ccccc4-c4ccccc43)s2)c1. The van der Waals surface area contributed by atoms with Gasteiger partial charge in [-0.3, -0.25) is 0 Å². The maximum absolute atomic E-state index is 11.1. The highest BCUT2D eigenvalue weighted by atomic mass is 32.2. The second kappa shape index (κ2) is 23.5. The van der Waals surface area contributed by atoms with E-state index in [0.29, 0.717) is 31.7 Å². The smallest absolute Gasteiger partial charge is 0.175 e. The lowest BCUT2D eigenvalue weighted by molar-refractivity contribution is 0.126. The first-order valence-corrected chi connectivity index (χ1v) is 26.7. The van der Waals surface area contributed by atoms with Gasteiger partial charge in [-0.15, -0.1) is 20.4 Å². The van der Waals surface area contributed by atoms with Crippen LogP contribution in [0.5, 0.6) is 11.5 Å². The fourth-order valence-electron chi connectivity index (χ4n) is 8.70. The molecule has 6 aromatic carbocycles. The Hall–Kier alpha value is -6.62. The van der Waals surface area contributed by atoms with Crippen LogP contribution in [0.15, 0.2) is 163 Å². The van der Waals surface area contributed by atoms with E-state index in [1.807, 2.05) is 72.8 Å². The maximum Gasteiger partial charge on any atom is 0.175 e. The molecular weight excluding hydrogens is 945 g/mol. The molecule has 2 N–H and O–H groups in total. The van der Waals surface area contributed by atoms with Gasteiger partial charge in [0.2, 0.25) is 0 Å². The van der Waals surface area contributed by atoms with Crippen LogP contribution in [-0.4, -0.2) is 107 Å². The van der Waals surface area contributed by atoms with Gasteiger partial charge in [-0.25, -0.2) is 0 Å². The molecule has 15 heteroatoms. The Morgan fingerprint density at radius 3 is 1.18 bits per heavy atom. The molecule has 12 nitrogen and oxygen atoms in total. The Morgan fingerprint density at radius 1 is 0.507 bits per heavy atom. The molecule has 9 rings (SSSR count). The molecule has 0 aliphatic heterocycles. The minimum Gasteiger partial charge on any atom is -0.490 e. The Labute approximate surface area is 427 Å². The number of aliphatic hydroxyl groups is 2. The second-order valence-electron chi connectivity index (χ2n) is 16.7. The van der Waals surface area contributed by atoms with E-state index in [2.05, 4.69) is 119 Å². The Balaban J connectivity index is 0.795. The maximum atomic E-state index is 11.1. The van der Waals surface area contributed by atoms with Gasteiger partial charge in [0.15, 0.2) is 8.68 Å². The number of hydrogen-bond acceptors (Lipinski definition) is 15. The Kier molecular flexibility index (Phi) is 16.4. The third kappa shape index (κ3) is 11.5. The predicted octanol–water partition coefficient (Wildman–Crippen LogP) is 11.0. The van der Waals surface area contributed by atoms with E-state index < -0.39 is 12.2 Å². The first kappa shape index (κ1) is 49.4. The number of rotatable bonds is 22. The zero-order chi connectivity index (χ0) is 49.1. The molecule has 2 atom stereocenters. The number of anilines is 2. The van der Waals surface area contributed by atoms with Gasteiger partial charge in [0, 0.05) is 94.6 Å². The number of aromatic nitrogens is 2. The highest BCUT2D eigenvalue weighted by Crippen LogP contribution is 2.38. The number of ether oxygens (including phenoxy) is 2. The van der Waals surface area contributed by atoms with Crippen molar-refractivity contribution in [1.82, 2.24) is 10.2 Å². The fourth-order valence-corrected chi connectivity index (χ4v) is 11.6. The molecule has 1 heterocycles. The fraction of sp³-hybridized carbons (Fsp3) is 0.250. The van der Waals surface area contributed by atoms with Crippen molar-refractivity contribution in [3.8, 4) is 33.8 Å². The van der Waals surface area contributed by atoms with E-state index in [0.717, 1.165) is 105 Å². The normalized spacial score (nSPS) is 13.2. The Morgan fingerprint density at radius 2 is 0.845 bits per heavy atom. The molecule has 7 aromatic rings. The molecule has 0 radical (unpaired) electrons. The van der Waals surface area contributed by atoms with E-state index in [-0.39, 0.29) is 13.2 Å². The third-order valence-electron chi connectivity index (χ3n) is 12.3. The van der Waals surface area contributed by atoms with Crippen molar-refractivity contribution >= 4 is 70.1 Å². The lowest BCUT2D eigenvalue weighted by atomic mass is 10.1. The summed E-state index contributed by atoms with van der Waals surface area (Å²) in [7, 11) is 0. The average Bonchev–Trinajstić information content (AvgIpc) is 4.10. The summed E-state index contributed by atoms with van der Waals surface area (Å²) in [6, 6.07) is 45.1. The highest BCUT2D eigenvalue weighted by Gasteiger charge is 2.25. The van der Waals surface area contributed by atoms with Crippen molar-refractivity contribution in [3.05, 3.63) is 167 Å². The standard InChI is InChI=1S/C56H56N8O4S3/c1-5-63(6-2)39-27-25-37(31-57-59-53-47-21-13-9-17-43(47)44-18-10-14-22-48(44)53)51(29-39)67-33-41(65)35-69-55-61-62-56(71-55)70-36-42(66)34-68-52-30-40(64(7-3)8-4)28-26-38(52)32-58-60-54-49-23-15-11-19-45(49)46-20-12-16-24-50(46)54/h9-32,41-42,65-66H,5-8,33-36H2,1-4H3/b57-31+,58-32+. The summed E-state index contributed by atoms with van der Waals surface area (Å²) in [5.41, 5.74) is 14.0. The molecule has 0 fully saturated rings. The molecule has 0 spiro atoms. The van der Waals surface area contributed by atoms with E-state index in [9.17, 15) is 10.2 Å². The van der Waals surface area contributed by atoms with E-state index >= 15 is 0 Å².